The minimum Gasteiger partial charge on any atom is -0.372 e. The molecule has 5 fully saturated rings. The zero-order valence-corrected chi connectivity index (χ0v) is 14.9. The largest absolute Gasteiger partial charge is 0.392 e. The van der Waals surface area contributed by atoms with Gasteiger partial charge in [-0.15, -0.1) is 0 Å². The Morgan fingerprint density at radius 1 is 1.28 bits per heavy atom. The Kier molecular flexibility index (Phi) is 4.20. The van der Waals surface area contributed by atoms with E-state index in [1.807, 2.05) is 6.92 Å². The number of halogens is 2. The summed E-state index contributed by atoms with van der Waals surface area (Å²) in [7, 11) is -5.48. The molecule has 0 aromatic heterocycles. The van der Waals surface area contributed by atoms with Crippen molar-refractivity contribution in [2.24, 2.45) is 23.7 Å². The summed E-state index contributed by atoms with van der Waals surface area (Å²) in [5.41, 5.74) is -0.461. The smallest absolute Gasteiger partial charge is 0.372 e. The fraction of sp³-hybridized carbons (Fsp3) is 1.00. The number of hydrogen-bond acceptors (Lipinski definition) is 5. The molecule has 0 radical (unpaired) electrons. The molecule has 4 saturated carbocycles. The van der Waals surface area contributed by atoms with Crippen molar-refractivity contribution >= 4 is 10.1 Å². The molecular formula is C16H24F2O6S. The minimum atomic E-state index is -5.48. The average molecular weight is 382 g/mol. The molecule has 0 aromatic carbocycles. The van der Waals surface area contributed by atoms with Gasteiger partial charge >= 0.3 is 15.4 Å². The second-order valence-corrected chi connectivity index (χ2v) is 9.76. The molecule has 7 atom stereocenters. The zero-order chi connectivity index (χ0) is 18.0. The van der Waals surface area contributed by atoms with Crippen LogP contribution in [-0.4, -0.2) is 55.9 Å². The van der Waals surface area contributed by atoms with Crippen molar-refractivity contribution in [1.29, 1.82) is 0 Å². The third-order valence-corrected chi connectivity index (χ3v) is 7.51. The van der Waals surface area contributed by atoms with E-state index < -0.39 is 33.7 Å². The van der Waals surface area contributed by atoms with Crippen LogP contribution in [-0.2, 0) is 24.3 Å². The lowest BCUT2D eigenvalue weighted by atomic mass is 9.49. The summed E-state index contributed by atoms with van der Waals surface area (Å²) in [5, 5.41) is -4.29. The van der Waals surface area contributed by atoms with Crippen LogP contribution >= 0.6 is 0 Å². The van der Waals surface area contributed by atoms with Crippen LogP contribution < -0.4 is 0 Å². The number of rotatable bonds is 7. The zero-order valence-electron chi connectivity index (χ0n) is 14.1. The van der Waals surface area contributed by atoms with Crippen LogP contribution in [0.5, 0.6) is 0 Å². The molecule has 1 aliphatic heterocycles. The molecule has 1 heterocycles. The van der Waals surface area contributed by atoms with Crippen LogP contribution in [0.25, 0.3) is 0 Å². The van der Waals surface area contributed by atoms with Gasteiger partial charge < -0.3 is 14.2 Å². The van der Waals surface area contributed by atoms with Crippen LogP contribution in [0.1, 0.15) is 32.6 Å². The molecule has 4 aliphatic carbocycles. The van der Waals surface area contributed by atoms with E-state index in [1.54, 1.807) is 0 Å². The van der Waals surface area contributed by atoms with Crippen molar-refractivity contribution in [3.8, 4) is 0 Å². The topological polar surface area (TPSA) is 85.4 Å². The molecule has 25 heavy (non-hydrogen) atoms. The minimum absolute atomic E-state index is 0.0419. The second kappa shape index (κ2) is 5.82. The van der Waals surface area contributed by atoms with Crippen molar-refractivity contribution in [2.75, 3.05) is 19.8 Å². The molecule has 5 rings (SSSR count). The molecule has 6 nitrogen and oxygen atoms in total. The van der Waals surface area contributed by atoms with Crippen LogP contribution in [0.2, 0.25) is 0 Å². The molecule has 144 valence electrons. The highest BCUT2D eigenvalue weighted by molar-refractivity contribution is 7.86. The standard InChI is InChI=1S/C16H24F2O6S/c1-15(24-7-12-6-22-12)11-3-9-2-10(5-11)14(13(15)4-9)23-8-16(17,18)25(19,20)21/h9-14H,2-8H2,1H3,(H,19,20,21). The highest BCUT2D eigenvalue weighted by Crippen LogP contribution is 2.60. The van der Waals surface area contributed by atoms with E-state index in [1.165, 1.54) is 0 Å². The van der Waals surface area contributed by atoms with Crippen molar-refractivity contribution in [1.82, 2.24) is 0 Å². The summed E-state index contributed by atoms with van der Waals surface area (Å²) >= 11 is 0. The number of hydrogen-bond donors (Lipinski definition) is 1. The van der Waals surface area contributed by atoms with Crippen molar-refractivity contribution in [2.45, 2.75) is 55.7 Å². The van der Waals surface area contributed by atoms with Gasteiger partial charge in [0.2, 0.25) is 0 Å². The molecule has 1 saturated heterocycles. The predicted molar refractivity (Wildman–Crippen MR) is 82.8 cm³/mol. The Bertz CT molecular complexity index is 637. The lowest BCUT2D eigenvalue weighted by Crippen LogP contribution is -2.64. The van der Waals surface area contributed by atoms with Crippen molar-refractivity contribution < 1.29 is 36.0 Å². The first-order chi connectivity index (χ1) is 11.6. The van der Waals surface area contributed by atoms with Crippen LogP contribution in [0.4, 0.5) is 8.78 Å². The van der Waals surface area contributed by atoms with Gasteiger partial charge in [-0.25, -0.2) is 0 Å². The quantitative estimate of drug-likeness (QED) is 0.536. The third-order valence-electron chi connectivity index (χ3n) is 6.64. The summed E-state index contributed by atoms with van der Waals surface area (Å²) in [6, 6.07) is 0. The van der Waals surface area contributed by atoms with Crippen LogP contribution in [0.15, 0.2) is 0 Å². The summed E-state index contributed by atoms with van der Waals surface area (Å²) in [6.07, 6.45) is 3.36. The lowest BCUT2D eigenvalue weighted by Gasteiger charge is -2.62. The van der Waals surface area contributed by atoms with Gasteiger partial charge in [0, 0.05) is 5.92 Å². The molecule has 7 unspecified atom stereocenters. The van der Waals surface area contributed by atoms with Gasteiger partial charge in [-0.05, 0) is 50.4 Å². The first-order valence-corrected chi connectivity index (χ1v) is 10.3. The van der Waals surface area contributed by atoms with Crippen LogP contribution in [0, 0.1) is 23.7 Å². The maximum absolute atomic E-state index is 13.6. The van der Waals surface area contributed by atoms with Gasteiger partial charge in [-0.2, -0.15) is 17.2 Å². The van der Waals surface area contributed by atoms with E-state index in [-0.39, 0.29) is 17.9 Å². The molecular weight excluding hydrogens is 358 g/mol. The van der Waals surface area contributed by atoms with E-state index in [0.717, 1.165) is 25.7 Å². The Morgan fingerprint density at radius 3 is 2.64 bits per heavy atom. The van der Waals surface area contributed by atoms with Gasteiger partial charge in [0.1, 0.15) is 12.7 Å². The Morgan fingerprint density at radius 2 is 2.00 bits per heavy atom. The fourth-order valence-corrected chi connectivity index (χ4v) is 5.50. The highest BCUT2D eigenvalue weighted by Gasteiger charge is 2.61. The van der Waals surface area contributed by atoms with Gasteiger partial charge in [0.05, 0.1) is 24.9 Å². The van der Waals surface area contributed by atoms with E-state index in [4.69, 9.17) is 18.8 Å². The van der Waals surface area contributed by atoms with E-state index in [0.29, 0.717) is 25.0 Å². The molecule has 0 amide bonds. The number of ether oxygens (including phenoxy) is 3. The summed E-state index contributed by atoms with van der Waals surface area (Å²) in [5.74, 6) is 1.04. The van der Waals surface area contributed by atoms with Crippen molar-refractivity contribution in [3.05, 3.63) is 0 Å². The maximum atomic E-state index is 13.6. The Hall–Kier alpha value is -0.350. The molecule has 4 bridgehead atoms. The molecule has 0 spiro atoms. The summed E-state index contributed by atoms with van der Waals surface area (Å²) < 4.78 is 74.4. The third kappa shape index (κ3) is 3.12. The number of epoxide rings is 1. The van der Waals surface area contributed by atoms with E-state index >= 15 is 0 Å². The average Bonchev–Trinajstić information content (AvgIpc) is 3.33. The SMILES string of the molecule is CC1(OCC2CO2)C2CC3CC(C2)C(OCC(F)(F)S(=O)(=O)O)C1C3. The normalized spacial score (nSPS) is 45.8. The highest BCUT2D eigenvalue weighted by atomic mass is 32.2. The summed E-state index contributed by atoms with van der Waals surface area (Å²) in [4.78, 5) is 0. The first-order valence-electron chi connectivity index (χ1n) is 8.82. The van der Waals surface area contributed by atoms with E-state index in [2.05, 4.69) is 0 Å². The summed E-state index contributed by atoms with van der Waals surface area (Å²) in [6.45, 7) is 1.89. The first kappa shape index (κ1) is 18.0. The second-order valence-electron chi connectivity index (χ2n) is 8.21. The van der Waals surface area contributed by atoms with Gasteiger partial charge in [0.15, 0.2) is 0 Å². The monoisotopic (exact) mass is 382 g/mol. The maximum Gasteiger partial charge on any atom is 0.392 e. The van der Waals surface area contributed by atoms with Gasteiger partial charge in [-0.1, -0.05) is 0 Å². The Balaban J connectivity index is 1.50. The molecule has 0 aromatic rings. The predicted octanol–water partition coefficient (Wildman–Crippen LogP) is 2.09. The van der Waals surface area contributed by atoms with Gasteiger partial charge in [-0.3, -0.25) is 4.55 Å². The molecule has 5 aliphatic rings. The van der Waals surface area contributed by atoms with E-state index in [9.17, 15) is 17.2 Å². The lowest BCUT2D eigenvalue weighted by molar-refractivity contribution is -0.252. The van der Waals surface area contributed by atoms with Gasteiger partial charge in [0.25, 0.3) is 0 Å². The fourth-order valence-electron chi connectivity index (χ4n) is 5.28. The Labute approximate surface area is 145 Å². The van der Waals surface area contributed by atoms with Crippen LogP contribution in [0.3, 0.4) is 0 Å². The number of alkyl halides is 2. The molecule has 9 heteroatoms. The van der Waals surface area contributed by atoms with Crippen molar-refractivity contribution in [3.63, 3.8) is 0 Å². The molecule has 1 N–H and O–H groups in total.